The molecule has 0 saturated heterocycles. The van der Waals surface area contributed by atoms with Crippen LogP contribution in [-0.4, -0.2) is 6.29 Å². The Balaban J connectivity index is 3.13. The topological polar surface area (TPSA) is 17.1 Å². The fourth-order valence-electron chi connectivity index (χ4n) is 0.959. The zero-order valence-corrected chi connectivity index (χ0v) is 7.75. The Bertz CT molecular complexity index is 145. The van der Waals surface area contributed by atoms with Gasteiger partial charge in [0.15, 0.2) is 0 Å². The molecule has 0 bridgehead atoms. The Morgan fingerprint density at radius 1 is 1.17 bits per heavy atom. The van der Waals surface area contributed by atoms with Gasteiger partial charge in [0.1, 0.15) is 0 Å². The predicted molar refractivity (Wildman–Crippen MR) is 52.7 cm³/mol. The summed E-state index contributed by atoms with van der Waals surface area (Å²) in [5.41, 5.74) is 0. The van der Waals surface area contributed by atoms with Crippen LogP contribution in [0.3, 0.4) is 0 Å². The molecule has 1 heteroatoms. The quantitative estimate of drug-likeness (QED) is 0.321. The molecule has 0 spiro atoms. The summed E-state index contributed by atoms with van der Waals surface area (Å²) in [6.45, 7) is 2.21. The van der Waals surface area contributed by atoms with Crippen molar-refractivity contribution < 1.29 is 4.79 Å². The molecule has 0 aliphatic heterocycles. The number of rotatable bonds is 7. The molecule has 0 aliphatic rings. The van der Waals surface area contributed by atoms with E-state index in [2.05, 4.69) is 13.0 Å². The molecule has 0 rings (SSSR count). The molecule has 0 N–H and O–H groups in total. The van der Waals surface area contributed by atoms with E-state index >= 15 is 0 Å². The van der Waals surface area contributed by atoms with Crippen molar-refractivity contribution in [3.05, 3.63) is 24.3 Å². The number of carbonyl (C=O) groups excluding carboxylic acids is 1. The molecule has 0 aromatic carbocycles. The summed E-state index contributed by atoms with van der Waals surface area (Å²) in [6, 6.07) is 0. The highest BCUT2D eigenvalue weighted by Crippen LogP contribution is 2.02. The summed E-state index contributed by atoms with van der Waals surface area (Å²) >= 11 is 0. The largest absolute Gasteiger partial charge is 0.286 e. The van der Waals surface area contributed by atoms with Crippen molar-refractivity contribution in [1.29, 1.82) is 0 Å². The van der Waals surface area contributed by atoms with Gasteiger partial charge in [-0.1, -0.05) is 44.4 Å². The van der Waals surface area contributed by atoms with E-state index in [1.807, 2.05) is 6.08 Å². The maximum absolute atomic E-state index is 9.73. The first kappa shape index (κ1) is 11.2. The predicted octanol–water partition coefficient (Wildman–Crippen LogP) is 3.18. The lowest BCUT2D eigenvalue weighted by Gasteiger charge is -1.92. The molecule has 0 atom stereocenters. The number of hydrogen-bond acceptors (Lipinski definition) is 1. The average Bonchev–Trinajstić information content (AvgIpc) is 2.10. The second-order valence-electron chi connectivity index (χ2n) is 2.75. The lowest BCUT2D eigenvalue weighted by Crippen LogP contribution is -1.73. The molecular weight excluding hydrogens is 148 g/mol. The molecule has 0 fully saturated rings. The van der Waals surface area contributed by atoms with Gasteiger partial charge < -0.3 is 0 Å². The molecule has 0 aliphatic carbocycles. The fourth-order valence-corrected chi connectivity index (χ4v) is 0.959. The first-order valence-corrected chi connectivity index (χ1v) is 4.61. The van der Waals surface area contributed by atoms with E-state index in [-0.39, 0.29) is 0 Å². The first-order chi connectivity index (χ1) is 5.91. The van der Waals surface area contributed by atoms with Crippen LogP contribution in [0.2, 0.25) is 0 Å². The van der Waals surface area contributed by atoms with Crippen LogP contribution in [-0.2, 0) is 4.79 Å². The van der Waals surface area contributed by atoms with Crippen molar-refractivity contribution in [2.24, 2.45) is 0 Å². The van der Waals surface area contributed by atoms with E-state index in [9.17, 15) is 4.79 Å². The number of hydrogen-bond donors (Lipinski definition) is 0. The van der Waals surface area contributed by atoms with Gasteiger partial charge in [0, 0.05) is 0 Å². The molecule has 0 saturated carbocycles. The zero-order chi connectivity index (χ0) is 9.07. The van der Waals surface area contributed by atoms with Crippen LogP contribution < -0.4 is 0 Å². The standard InChI is InChI=1S/C11H17O/c1-2-3-4-5-6-7-8-9-10-11-12/h7-10H,2-6H2,1H3. The van der Waals surface area contributed by atoms with Crippen molar-refractivity contribution in [1.82, 2.24) is 0 Å². The maximum Gasteiger partial charge on any atom is 0.225 e. The van der Waals surface area contributed by atoms with Gasteiger partial charge in [-0.05, 0) is 18.9 Å². The Morgan fingerprint density at radius 2 is 2.00 bits per heavy atom. The molecule has 1 nitrogen and oxygen atoms in total. The van der Waals surface area contributed by atoms with Crippen LogP contribution in [0.5, 0.6) is 0 Å². The Labute approximate surface area is 75.2 Å². The summed E-state index contributed by atoms with van der Waals surface area (Å²) in [5.74, 6) is 0. The zero-order valence-electron chi connectivity index (χ0n) is 7.75. The molecular formula is C11H17O. The third-order valence-electron chi connectivity index (χ3n) is 1.64. The molecule has 12 heavy (non-hydrogen) atoms. The smallest absolute Gasteiger partial charge is 0.225 e. The highest BCUT2D eigenvalue weighted by molar-refractivity contribution is 5.66. The SMILES string of the molecule is CCCCCCC=CC=C[C]=O. The van der Waals surface area contributed by atoms with Gasteiger partial charge in [-0.3, -0.25) is 4.79 Å². The van der Waals surface area contributed by atoms with Crippen molar-refractivity contribution in [3.8, 4) is 0 Å². The Morgan fingerprint density at radius 3 is 2.67 bits per heavy atom. The van der Waals surface area contributed by atoms with E-state index < -0.39 is 0 Å². The third-order valence-corrected chi connectivity index (χ3v) is 1.64. The van der Waals surface area contributed by atoms with Gasteiger partial charge in [-0.25, -0.2) is 0 Å². The number of allylic oxidation sites excluding steroid dienone is 4. The van der Waals surface area contributed by atoms with Gasteiger partial charge in [0.25, 0.3) is 0 Å². The Kier molecular flexibility index (Phi) is 9.43. The third kappa shape index (κ3) is 9.15. The van der Waals surface area contributed by atoms with Crippen molar-refractivity contribution >= 4 is 6.29 Å². The van der Waals surface area contributed by atoms with Crippen LogP contribution in [0, 0.1) is 0 Å². The van der Waals surface area contributed by atoms with Crippen LogP contribution in [0.15, 0.2) is 24.3 Å². The summed E-state index contributed by atoms with van der Waals surface area (Å²) in [5, 5.41) is 0. The van der Waals surface area contributed by atoms with Crippen molar-refractivity contribution in [2.75, 3.05) is 0 Å². The highest BCUT2D eigenvalue weighted by atomic mass is 16.1. The summed E-state index contributed by atoms with van der Waals surface area (Å²) < 4.78 is 0. The average molecular weight is 165 g/mol. The summed E-state index contributed by atoms with van der Waals surface area (Å²) in [6.07, 6.45) is 15.1. The van der Waals surface area contributed by atoms with Crippen molar-refractivity contribution in [2.45, 2.75) is 39.0 Å². The minimum Gasteiger partial charge on any atom is -0.286 e. The van der Waals surface area contributed by atoms with Crippen LogP contribution in [0.1, 0.15) is 39.0 Å². The second kappa shape index (κ2) is 10.2. The molecule has 0 unspecified atom stereocenters. The lowest BCUT2D eigenvalue weighted by atomic mass is 10.1. The molecule has 0 aromatic heterocycles. The first-order valence-electron chi connectivity index (χ1n) is 4.61. The molecule has 0 heterocycles. The normalized spacial score (nSPS) is 11.4. The van der Waals surface area contributed by atoms with Crippen LogP contribution in [0.4, 0.5) is 0 Å². The highest BCUT2D eigenvalue weighted by Gasteiger charge is 1.82. The Hall–Kier alpha value is -0.850. The monoisotopic (exact) mass is 165 g/mol. The lowest BCUT2D eigenvalue weighted by molar-refractivity contribution is 0.564. The minimum absolute atomic E-state index is 1.11. The summed E-state index contributed by atoms with van der Waals surface area (Å²) in [4.78, 5) is 9.73. The fraction of sp³-hybridized carbons (Fsp3) is 0.545. The van der Waals surface area contributed by atoms with Crippen LogP contribution >= 0.6 is 0 Å². The van der Waals surface area contributed by atoms with Gasteiger partial charge in [0.05, 0.1) is 0 Å². The van der Waals surface area contributed by atoms with Gasteiger partial charge in [0.2, 0.25) is 6.29 Å². The maximum atomic E-state index is 9.73. The van der Waals surface area contributed by atoms with Gasteiger partial charge in [-0.15, -0.1) is 0 Å². The van der Waals surface area contributed by atoms with E-state index in [1.54, 1.807) is 12.4 Å². The van der Waals surface area contributed by atoms with Crippen molar-refractivity contribution in [3.63, 3.8) is 0 Å². The molecule has 1 radical (unpaired) electrons. The van der Waals surface area contributed by atoms with Crippen LogP contribution in [0.25, 0.3) is 0 Å². The summed E-state index contributed by atoms with van der Waals surface area (Å²) in [7, 11) is 0. The van der Waals surface area contributed by atoms with Gasteiger partial charge >= 0.3 is 0 Å². The van der Waals surface area contributed by atoms with E-state index in [0.29, 0.717) is 0 Å². The van der Waals surface area contributed by atoms with E-state index in [4.69, 9.17) is 0 Å². The minimum atomic E-state index is 1.11. The van der Waals surface area contributed by atoms with E-state index in [0.717, 1.165) is 6.42 Å². The van der Waals surface area contributed by atoms with E-state index in [1.165, 1.54) is 31.8 Å². The molecule has 67 valence electrons. The number of unbranched alkanes of at least 4 members (excludes halogenated alkanes) is 4. The molecule has 0 aromatic rings. The second-order valence-corrected chi connectivity index (χ2v) is 2.75. The van der Waals surface area contributed by atoms with Gasteiger partial charge in [-0.2, -0.15) is 0 Å². The molecule has 0 amide bonds.